The molecule has 0 saturated heterocycles. The summed E-state index contributed by atoms with van der Waals surface area (Å²) in [6.07, 6.45) is 3.74. The molecule has 5 heteroatoms. The van der Waals surface area contributed by atoms with Crippen LogP contribution in [0.2, 0.25) is 0 Å². The summed E-state index contributed by atoms with van der Waals surface area (Å²) in [6, 6.07) is 10.3. The molecule has 2 aromatic rings. The maximum absolute atomic E-state index is 5.75. The van der Waals surface area contributed by atoms with Crippen LogP contribution in [-0.2, 0) is 0 Å². The van der Waals surface area contributed by atoms with Gasteiger partial charge in [-0.25, -0.2) is 4.68 Å². The van der Waals surface area contributed by atoms with E-state index in [0.29, 0.717) is 12.6 Å². The summed E-state index contributed by atoms with van der Waals surface area (Å²) in [7, 11) is 0. The van der Waals surface area contributed by atoms with Crippen LogP contribution in [0.4, 0.5) is 0 Å². The maximum Gasteiger partial charge on any atom is 0.335 e. The summed E-state index contributed by atoms with van der Waals surface area (Å²) in [5.74, 6) is 0.805. The van der Waals surface area contributed by atoms with Gasteiger partial charge in [0.2, 0.25) is 0 Å². The first-order chi connectivity index (χ1) is 9.73. The number of nitrogens with zero attached hydrogens (tertiary/aromatic N) is 3. The molecule has 0 aliphatic rings. The molecule has 0 N–H and O–H groups in total. The summed E-state index contributed by atoms with van der Waals surface area (Å²) >= 11 is 4.44. The first kappa shape index (κ1) is 14.9. The highest BCUT2D eigenvalue weighted by molar-refractivity contribution is 7.80. The highest BCUT2D eigenvalue weighted by Gasteiger charge is 2.26. The van der Waals surface area contributed by atoms with Gasteiger partial charge in [0, 0.05) is 5.41 Å². The molecule has 0 amide bonds. The number of hydrogen-bond acceptors (Lipinski definition) is 4. The van der Waals surface area contributed by atoms with E-state index < -0.39 is 0 Å². The second-order valence-corrected chi connectivity index (χ2v) is 5.28. The van der Waals surface area contributed by atoms with Gasteiger partial charge >= 0.3 is 6.01 Å². The van der Waals surface area contributed by atoms with E-state index in [9.17, 15) is 0 Å². The predicted molar refractivity (Wildman–Crippen MR) is 83.7 cm³/mol. The number of aromatic nitrogens is 3. The van der Waals surface area contributed by atoms with Gasteiger partial charge in [-0.2, -0.15) is 17.6 Å². The first-order valence-corrected chi connectivity index (χ1v) is 7.57. The Morgan fingerprint density at radius 2 is 1.90 bits per heavy atom. The summed E-state index contributed by atoms with van der Waals surface area (Å²) in [4.78, 5) is 4.20. The van der Waals surface area contributed by atoms with Gasteiger partial charge in [0.15, 0.2) is 0 Å². The Morgan fingerprint density at radius 3 is 2.50 bits per heavy atom. The first-order valence-electron chi connectivity index (χ1n) is 6.94. The predicted octanol–water partition coefficient (Wildman–Crippen LogP) is 3.38. The Balaban J connectivity index is 2.03. The second kappa shape index (κ2) is 6.79. The molecule has 0 aliphatic carbocycles. The lowest BCUT2D eigenvalue weighted by atomic mass is 9.85. The Labute approximate surface area is 125 Å². The van der Waals surface area contributed by atoms with Gasteiger partial charge in [-0.15, -0.1) is 5.10 Å². The van der Waals surface area contributed by atoms with Crippen LogP contribution in [0.25, 0.3) is 5.69 Å². The van der Waals surface area contributed by atoms with Crippen molar-refractivity contribution in [1.29, 1.82) is 0 Å². The molecule has 0 aliphatic heterocycles. The molecule has 1 heterocycles. The molecular weight excluding hydrogens is 270 g/mol. The van der Waals surface area contributed by atoms with Gasteiger partial charge in [-0.05, 0) is 30.7 Å². The van der Waals surface area contributed by atoms with Crippen LogP contribution in [0.5, 0.6) is 6.01 Å². The van der Waals surface area contributed by atoms with Gasteiger partial charge in [0.05, 0.1) is 12.3 Å². The zero-order valence-electron chi connectivity index (χ0n) is 12.0. The second-order valence-electron chi connectivity index (χ2n) is 4.96. The Morgan fingerprint density at radius 1 is 1.20 bits per heavy atom. The highest BCUT2D eigenvalue weighted by Crippen LogP contribution is 2.28. The lowest BCUT2D eigenvalue weighted by Gasteiger charge is -2.28. The smallest absolute Gasteiger partial charge is 0.335 e. The zero-order chi connectivity index (χ0) is 14.4. The molecule has 20 heavy (non-hydrogen) atoms. The van der Waals surface area contributed by atoms with E-state index >= 15 is 0 Å². The standard InChI is InChI=1S/C15H21N3OS/c1-3-15(4-2,11-20)10-19-14-16-12-18(17-14)13-8-6-5-7-9-13/h5-9,12,20H,3-4,10-11H2,1-2H3. The van der Waals surface area contributed by atoms with Crippen molar-refractivity contribution in [2.24, 2.45) is 5.41 Å². The van der Waals surface area contributed by atoms with Crippen molar-refractivity contribution >= 4 is 12.6 Å². The number of rotatable bonds is 7. The van der Waals surface area contributed by atoms with E-state index in [1.165, 1.54) is 0 Å². The molecule has 1 aromatic carbocycles. The van der Waals surface area contributed by atoms with Crippen molar-refractivity contribution in [2.45, 2.75) is 26.7 Å². The van der Waals surface area contributed by atoms with Crippen LogP contribution in [-0.4, -0.2) is 27.1 Å². The minimum absolute atomic E-state index is 0.0985. The normalized spacial score (nSPS) is 11.6. The van der Waals surface area contributed by atoms with Gasteiger partial charge in [0.1, 0.15) is 6.33 Å². The molecule has 2 rings (SSSR count). The molecule has 0 spiro atoms. The monoisotopic (exact) mass is 291 g/mol. The minimum atomic E-state index is 0.0985. The molecule has 0 bridgehead atoms. The van der Waals surface area contributed by atoms with Crippen LogP contribution in [0.15, 0.2) is 36.7 Å². The van der Waals surface area contributed by atoms with E-state index in [2.05, 4.69) is 36.6 Å². The molecular formula is C15H21N3OS. The van der Waals surface area contributed by atoms with E-state index in [4.69, 9.17) is 4.74 Å². The molecule has 1 aromatic heterocycles. The molecule has 0 saturated carbocycles. The van der Waals surface area contributed by atoms with Crippen LogP contribution < -0.4 is 4.74 Å². The number of thiol groups is 1. The molecule has 4 nitrogen and oxygen atoms in total. The average molecular weight is 291 g/mol. The molecule has 0 atom stereocenters. The van der Waals surface area contributed by atoms with Crippen molar-refractivity contribution in [3.63, 3.8) is 0 Å². The Hall–Kier alpha value is -1.49. The fraction of sp³-hybridized carbons (Fsp3) is 0.467. The molecule has 0 radical (unpaired) electrons. The fourth-order valence-electron chi connectivity index (χ4n) is 1.96. The molecule has 108 valence electrons. The van der Waals surface area contributed by atoms with Crippen LogP contribution in [0.3, 0.4) is 0 Å². The lowest BCUT2D eigenvalue weighted by Crippen LogP contribution is -2.29. The summed E-state index contributed by atoms with van der Waals surface area (Å²) in [5, 5.41) is 4.34. The molecule has 0 fully saturated rings. The number of ether oxygens (including phenoxy) is 1. The van der Waals surface area contributed by atoms with Crippen LogP contribution in [0.1, 0.15) is 26.7 Å². The van der Waals surface area contributed by atoms with E-state index in [-0.39, 0.29) is 5.41 Å². The van der Waals surface area contributed by atoms with Crippen LogP contribution >= 0.6 is 12.6 Å². The van der Waals surface area contributed by atoms with E-state index in [0.717, 1.165) is 24.3 Å². The number of hydrogen-bond donors (Lipinski definition) is 1. The van der Waals surface area contributed by atoms with Gasteiger partial charge in [0.25, 0.3) is 0 Å². The van der Waals surface area contributed by atoms with Gasteiger partial charge < -0.3 is 4.74 Å². The SMILES string of the molecule is CCC(CC)(CS)COc1ncn(-c2ccccc2)n1. The van der Waals surface area contributed by atoms with Crippen molar-refractivity contribution < 1.29 is 4.74 Å². The quantitative estimate of drug-likeness (QED) is 0.795. The third-order valence-corrected chi connectivity index (χ3v) is 4.51. The third-order valence-electron chi connectivity index (χ3n) is 3.83. The zero-order valence-corrected chi connectivity index (χ0v) is 12.9. The maximum atomic E-state index is 5.75. The van der Waals surface area contributed by atoms with Crippen molar-refractivity contribution in [3.05, 3.63) is 36.7 Å². The number of benzene rings is 1. The largest absolute Gasteiger partial charge is 0.462 e. The van der Waals surface area contributed by atoms with Crippen LogP contribution in [0, 0.1) is 5.41 Å². The highest BCUT2D eigenvalue weighted by atomic mass is 32.1. The number of para-hydroxylation sites is 1. The van der Waals surface area contributed by atoms with Gasteiger partial charge in [-0.3, -0.25) is 0 Å². The summed E-state index contributed by atoms with van der Waals surface area (Å²) in [5.41, 5.74) is 1.07. The summed E-state index contributed by atoms with van der Waals surface area (Å²) in [6.45, 7) is 4.93. The van der Waals surface area contributed by atoms with Crippen molar-refractivity contribution in [1.82, 2.24) is 14.8 Å². The third kappa shape index (κ3) is 3.33. The van der Waals surface area contributed by atoms with E-state index in [1.54, 1.807) is 11.0 Å². The minimum Gasteiger partial charge on any atom is -0.462 e. The lowest BCUT2D eigenvalue weighted by molar-refractivity contribution is 0.147. The topological polar surface area (TPSA) is 39.9 Å². The Bertz CT molecular complexity index is 515. The summed E-state index contributed by atoms with van der Waals surface area (Å²) < 4.78 is 7.47. The molecule has 0 unspecified atom stereocenters. The van der Waals surface area contributed by atoms with Gasteiger partial charge in [-0.1, -0.05) is 32.0 Å². The average Bonchev–Trinajstić information content (AvgIpc) is 2.99. The fourth-order valence-corrected chi connectivity index (χ4v) is 2.50. The van der Waals surface area contributed by atoms with Crippen molar-refractivity contribution in [2.75, 3.05) is 12.4 Å². The van der Waals surface area contributed by atoms with Crippen molar-refractivity contribution in [3.8, 4) is 11.7 Å². The Kier molecular flexibility index (Phi) is 5.06. The van der Waals surface area contributed by atoms with E-state index in [1.807, 2.05) is 30.3 Å².